The van der Waals surface area contributed by atoms with E-state index in [1.807, 2.05) is 60.9 Å². The molecule has 0 aliphatic heterocycles. The summed E-state index contributed by atoms with van der Waals surface area (Å²) in [6.45, 7) is 0.442. The average molecular weight is 301 g/mol. The van der Waals surface area contributed by atoms with E-state index in [4.69, 9.17) is 0 Å². The van der Waals surface area contributed by atoms with E-state index in [1.165, 1.54) is 0 Å². The highest BCUT2D eigenvalue weighted by molar-refractivity contribution is 7.98. The molecule has 110 valence electrons. The second kappa shape index (κ2) is 7.86. The van der Waals surface area contributed by atoms with Gasteiger partial charge in [0, 0.05) is 11.4 Å². The number of aliphatic hydroxyl groups is 1. The van der Waals surface area contributed by atoms with Crippen LogP contribution in [-0.4, -0.2) is 23.8 Å². The summed E-state index contributed by atoms with van der Waals surface area (Å²) in [6, 6.07) is 17.0. The lowest BCUT2D eigenvalue weighted by Gasteiger charge is -2.12. The third kappa shape index (κ3) is 4.34. The third-order valence-corrected chi connectivity index (χ3v) is 4.04. The van der Waals surface area contributed by atoms with Gasteiger partial charge in [-0.15, -0.1) is 11.8 Å². The van der Waals surface area contributed by atoms with Crippen LogP contribution in [-0.2, 0) is 0 Å². The van der Waals surface area contributed by atoms with Gasteiger partial charge in [-0.05, 0) is 30.4 Å². The van der Waals surface area contributed by atoms with Gasteiger partial charge >= 0.3 is 0 Å². The molecular formula is C17H19NO2S. The van der Waals surface area contributed by atoms with Crippen LogP contribution in [0, 0.1) is 0 Å². The number of benzene rings is 2. The Morgan fingerprint density at radius 1 is 1.14 bits per heavy atom. The fourth-order valence-corrected chi connectivity index (χ4v) is 2.69. The van der Waals surface area contributed by atoms with E-state index in [0.29, 0.717) is 18.5 Å². The molecule has 0 bridgehead atoms. The Hall–Kier alpha value is -1.78. The van der Waals surface area contributed by atoms with Gasteiger partial charge in [0.15, 0.2) is 0 Å². The number of nitrogens with one attached hydrogen (secondary N) is 1. The minimum Gasteiger partial charge on any atom is -0.388 e. The van der Waals surface area contributed by atoms with Gasteiger partial charge in [-0.2, -0.15) is 0 Å². The highest BCUT2D eigenvalue weighted by Crippen LogP contribution is 2.20. The number of hydrogen-bond donors (Lipinski definition) is 2. The molecule has 2 aromatic carbocycles. The van der Waals surface area contributed by atoms with Crippen LogP contribution in [0.3, 0.4) is 0 Å². The summed E-state index contributed by atoms with van der Waals surface area (Å²) in [7, 11) is 0. The molecule has 0 heterocycles. The largest absolute Gasteiger partial charge is 0.388 e. The SMILES string of the molecule is CSc1ccccc1C(=O)NCC[C@H](O)c1ccccc1. The minimum absolute atomic E-state index is 0.0970. The predicted octanol–water partition coefficient (Wildman–Crippen LogP) is 3.26. The van der Waals surface area contributed by atoms with Crippen LogP contribution in [0.1, 0.15) is 28.4 Å². The van der Waals surface area contributed by atoms with Crippen molar-refractivity contribution >= 4 is 17.7 Å². The Labute approximate surface area is 129 Å². The predicted molar refractivity (Wildman–Crippen MR) is 86.6 cm³/mol. The second-order valence-electron chi connectivity index (χ2n) is 4.67. The first-order valence-electron chi connectivity index (χ1n) is 6.86. The van der Waals surface area contributed by atoms with Crippen LogP contribution in [0.15, 0.2) is 59.5 Å². The molecular weight excluding hydrogens is 282 g/mol. The Morgan fingerprint density at radius 3 is 2.52 bits per heavy atom. The van der Waals surface area contributed by atoms with Crippen molar-refractivity contribution in [2.75, 3.05) is 12.8 Å². The van der Waals surface area contributed by atoms with Gasteiger partial charge in [-0.1, -0.05) is 42.5 Å². The molecule has 2 aromatic rings. The van der Waals surface area contributed by atoms with Gasteiger partial charge in [0.25, 0.3) is 5.91 Å². The molecule has 0 aromatic heterocycles. The molecule has 0 aliphatic rings. The number of aliphatic hydroxyl groups excluding tert-OH is 1. The molecule has 2 N–H and O–H groups in total. The maximum atomic E-state index is 12.1. The first-order chi connectivity index (χ1) is 10.2. The van der Waals surface area contributed by atoms with Gasteiger partial charge in [0.2, 0.25) is 0 Å². The van der Waals surface area contributed by atoms with Gasteiger partial charge < -0.3 is 10.4 Å². The summed E-state index contributed by atoms with van der Waals surface area (Å²) in [4.78, 5) is 13.1. The summed E-state index contributed by atoms with van der Waals surface area (Å²) in [5, 5.41) is 12.9. The van der Waals surface area contributed by atoms with Crippen LogP contribution in [0.5, 0.6) is 0 Å². The molecule has 21 heavy (non-hydrogen) atoms. The summed E-state index contributed by atoms with van der Waals surface area (Å²) < 4.78 is 0. The summed E-state index contributed by atoms with van der Waals surface area (Å²) in [5.74, 6) is -0.0970. The number of carbonyl (C=O) groups excluding carboxylic acids is 1. The van der Waals surface area contributed by atoms with Crippen molar-refractivity contribution in [2.45, 2.75) is 17.4 Å². The van der Waals surface area contributed by atoms with E-state index in [9.17, 15) is 9.90 Å². The molecule has 0 radical (unpaired) electrons. The van der Waals surface area contributed by atoms with Crippen LogP contribution in [0.4, 0.5) is 0 Å². The normalized spacial score (nSPS) is 11.9. The molecule has 3 nitrogen and oxygen atoms in total. The first-order valence-corrected chi connectivity index (χ1v) is 8.09. The van der Waals surface area contributed by atoms with Crippen LogP contribution < -0.4 is 5.32 Å². The molecule has 0 fully saturated rings. The summed E-state index contributed by atoms with van der Waals surface area (Å²) in [6.07, 6.45) is 1.89. The smallest absolute Gasteiger partial charge is 0.252 e. The fraction of sp³-hybridized carbons (Fsp3) is 0.235. The zero-order valence-electron chi connectivity index (χ0n) is 12.0. The van der Waals surface area contributed by atoms with Gasteiger partial charge in [0.05, 0.1) is 11.7 Å². The lowest BCUT2D eigenvalue weighted by molar-refractivity contribution is 0.0939. The Morgan fingerprint density at radius 2 is 1.81 bits per heavy atom. The number of carbonyl (C=O) groups is 1. The fourth-order valence-electron chi connectivity index (χ4n) is 2.09. The molecule has 0 unspecified atom stereocenters. The summed E-state index contributed by atoms with van der Waals surface area (Å²) in [5.41, 5.74) is 1.55. The first kappa shape index (κ1) is 15.6. The van der Waals surface area contributed by atoms with Gasteiger partial charge in [0.1, 0.15) is 0 Å². The maximum absolute atomic E-state index is 12.1. The topological polar surface area (TPSA) is 49.3 Å². The molecule has 0 saturated carbocycles. The molecule has 4 heteroatoms. The zero-order chi connectivity index (χ0) is 15.1. The van der Waals surface area contributed by atoms with Crippen LogP contribution in [0.25, 0.3) is 0 Å². The van der Waals surface area contributed by atoms with Crippen molar-refractivity contribution in [3.8, 4) is 0 Å². The van der Waals surface area contributed by atoms with Crippen molar-refractivity contribution in [1.82, 2.24) is 5.32 Å². The Bertz CT molecular complexity index is 586. The van der Waals surface area contributed by atoms with E-state index in [0.717, 1.165) is 10.5 Å². The highest BCUT2D eigenvalue weighted by atomic mass is 32.2. The number of hydrogen-bond acceptors (Lipinski definition) is 3. The van der Waals surface area contributed by atoms with Gasteiger partial charge in [-0.3, -0.25) is 4.79 Å². The quantitative estimate of drug-likeness (QED) is 0.805. The molecule has 0 spiro atoms. The second-order valence-corrected chi connectivity index (χ2v) is 5.52. The molecule has 2 rings (SSSR count). The third-order valence-electron chi connectivity index (χ3n) is 3.24. The van der Waals surface area contributed by atoms with E-state index in [1.54, 1.807) is 11.8 Å². The highest BCUT2D eigenvalue weighted by Gasteiger charge is 2.11. The van der Waals surface area contributed by atoms with E-state index in [-0.39, 0.29) is 5.91 Å². The van der Waals surface area contributed by atoms with E-state index >= 15 is 0 Å². The monoisotopic (exact) mass is 301 g/mol. The van der Waals surface area contributed by atoms with Crippen molar-refractivity contribution in [3.63, 3.8) is 0 Å². The van der Waals surface area contributed by atoms with Crippen molar-refractivity contribution < 1.29 is 9.90 Å². The summed E-state index contributed by atoms with van der Waals surface area (Å²) >= 11 is 1.55. The number of thioether (sulfide) groups is 1. The standard InChI is InChI=1S/C17H19NO2S/c1-21-16-10-6-5-9-14(16)17(20)18-12-11-15(19)13-7-3-2-4-8-13/h2-10,15,19H,11-12H2,1H3,(H,18,20)/t15-/m0/s1. The van der Waals surface area contributed by atoms with Crippen molar-refractivity contribution in [2.24, 2.45) is 0 Å². The zero-order valence-corrected chi connectivity index (χ0v) is 12.8. The number of amides is 1. The molecule has 0 aliphatic carbocycles. The van der Waals surface area contributed by atoms with E-state index in [2.05, 4.69) is 5.32 Å². The number of rotatable bonds is 6. The van der Waals surface area contributed by atoms with Crippen LogP contribution >= 0.6 is 11.8 Å². The maximum Gasteiger partial charge on any atom is 0.252 e. The Kier molecular flexibility index (Phi) is 5.84. The van der Waals surface area contributed by atoms with E-state index < -0.39 is 6.10 Å². The average Bonchev–Trinajstić information content (AvgIpc) is 2.55. The van der Waals surface area contributed by atoms with Crippen molar-refractivity contribution in [1.29, 1.82) is 0 Å². The lowest BCUT2D eigenvalue weighted by atomic mass is 10.1. The Balaban J connectivity index is 1.87. The van der Waals surface area contributed by atoms with Gasteiger partial charge in [-0.25, -0.2) is 0 Å². The molecule has 1 amide bonds. The molecule has 1 atom stereocenters. The lowest BCUT2D eigenvalue weighted by Crippen LogP contribution is -2.26. The van der Waals surface area contributed by atoms with Crippen molar-refractivity contribution in [3.05, 3.63) is 65.7 Å². The molecule has 0 saturated heterocycles. The minimum atomic E-state index is -0.553. The van der Waals surface area contributed by atoms with Crippen LogP contribution in [0.2, 0.25) is 0 Å².